The molecule has 3 rings (SSSR count). The molecule has 14 heavy (non-hydrogen) atoms. The van der Waals surface area contributed by atoms with Crippen molar-refractivity contribution in [1.82, 2.24) is 0 Å². The van der Waals surface area contributed by atoms with Crippen LogP contribution in [0.3, 0.4) is 0 Å². The molecule has 1 aliphatic heterocycles. The molecule has 0 saturated carbocycles. The van der Waals surface area contributed by atoms with Gasteiger partial charge in [0, 0.05) is 14.6 Å². The normalized spacial score (nSPS) is 19.9. The molecule has 2 heteroatoms. The fourth-order valence-electron chi connectivity index (χ4n) is 2.23. The number of allylic oxidation sites excluding steroid dienone is 1. The zero-order valence-electron chi connectivity index (χ0n) is 8.43. The minimum absolute atomic E-state index is 1.27. The molecule has 1 aromatic heterocycles. The quantitative estimate of drug-likeness (QED) is 0.636. The number of thiophene rings is 1. The van der Waals surface area contributed by atoms with Crippen molar-refractivity contribution < 1.29 is 0 Å². The summed E-state index contributed by atoms with van der Waals surface area (Å²) >= 11 is 4.14. The van der Waals surface area contributed by atoms with Crippen molar-refractivity contribution in [2.45, 2.75) is 37.5 Å². The summed E-state index contributed by atoms with van der Waals surface area (Å²) in [6, 6.07) is 0. The van der Waals surface area contributed by atoms with Crippen LogP contribution in [0.2, 0.25) is 0 Å². The van der Waals surface area contributed by atoms with E-state index in [0.717, 1.165) is 0 Å². The maximum atomic E-state index is 2.41. The molecule has 0 spiro atoms. The smallest absolute Gasteiger partial charge is 0.0316 e. The molecule has 0 nitrogen and oxygen atoms in total. The van der Waals surface area contributed by atoms with Crippen molar-refractivity contribution in [2.24, 2.45) is 0 Å². The third-order valence-corrected chi connectivity index (χ3v) is 5.64. The van der Waals surface area contributed by atoms with E-state index in [4.69, 9.17) is 0 Å². The summed E-state index contributed by atoms with van der Waals surface area (Å²) in [5.41, 5.74) is 3.22. The van der Waals surface area contributed by atoms with Crippen molar-refractivity contribution >= 4 is 29.2 Å². The lowest BCUT2D eigenvalue weighted by atomic mass is 9.99. The maximum Gasteiger partial charge on any atom is 0.0316 e. The summed E-state index contributed by atoms with van der Waals surface area (Å²) in [4.78, 5) is 4.88. The molecule has 1 aromatic rings. The van der Waals surface area contributed by atoms with Crippen LogP contribution in [0.4, 0.5) is 0 Å². The van der Waals surface area contributed by atoms with E-state index in [2.05, 4.69) is 24.8 Å². The standard InChI is InChI=1S/C12H14S2/c1-8-4-5-9-11(7-8)14-10-3-2-6-13-12(9)10/h7H,2-6H2,1H3. The average molecular weight is 222 g/mol. The Balaban J connectivity index is 2.13. The van der Waals surface area contributed by atoms with Crippen molar-refractivity contribution in [1.29, 1.82) is 0 Å². The van der Waals surface area contributed by atoms with Crippen LogP contribution in [-0.2, 0) is 12.8 Å². The van der Waals surface area contributed by atoms with E-state index < -0.39 is 0 Å². The van der Waals surface area contributed by atoms with E-state index in [0.29, 0.717) is 0 Å². The second kappa shape index (κ2) is 3.42. The Bertz CT molecular complexity index is 399. The third-order valence-electron chi connectivity index (χ3n) is 3.00. The molecule has 1 aliphatic carbocycles. The fourth-order valence-corrected chi connectivity index (χ4v) is 5.06. The van der Waals surface area contributed by atoms with Crippen molar-refractivity contribution in [3.05, 3.63) is 20.9 Å². The molecular formula is C12H14S2. The molecule has 0 saturated heterocycles. The van der Waals surface area contributed by atoms with Crippen LogP contribution < -0.4 is 0 Å². The summed E-state index contributed by atoms with van der Waals surface area (Å²) in [6.07, 6.45) is 7.67. The Hall–Kier alpha value is -0.210. The third kappa shape index (κ3) is 1.36. The first-order valence-corrected chi connectivity index (χ1v) is 7.09. The van der Waals surface area contributed by atoms with Gasteiger partial charge in [-0.05, 0) is 50.0 Å². The highest BCUT2D eigenvalue weighted by molar-refractivity contribution is 7.99. The number of aryl methyl sites for hydroxylation is 1. The van der Waals surface area contributed by atoms with E-state index in [1.807, 2.05) is 11.3 Å². The molecular weight excluding hydrogens is 208 g/mol. The van der Waals surface area contributed by atoms with Crippen LogP contribution in [0.15, 0.2) is 10.5 Å². The van der Waals surface area contributed by atoms with Gasteiger partial charge >= 0.3 is 0 Å². The van der Waals surface area contributed by atoms with Gasteiger partial charge in [0.05, 0.1) is 0 Å². The molecule has 0 atom stereocenters. The predicted molar refractivity (Wildman–Crippen MR) is 65.3 cm³/mol. The van der Waals surface area contributed by atoms with Crippen LogP contribution in [0.25, 0.3) is 6.08 Å². The Morgan fingerprint density at radius 2 is 2.14 bits per heavy atom. The summed E-state index contributed by atoms with van der Waals surface area (Å²) in [5.74, 6) is 1.33. The minimum Gasteiger partial charge on any atom is -0.139 e. The molecule has 0 aromatic carbocycles. The minimum atomic E-state index is 1.27. The van der Waals surface area contributed by atoms with E-state index in [1.165, 1.54) is 31.4 Å². The number of hydrogen-bond acceptors (Lipinski definition) is 2. The Labute approximate surface area is 93.4 Å². The molecule has 0 fully saturated rings. The highest BCUT2D eigenvalue weighted by Crippen LogP contribution is 2.43. The van der Waals surface area contributed by atoms with E-state index >= 15 is 0 Å². The summed E-state index contributed by atoms with van der Waals surface area (Å²) in [5, 5.41) is 0. The SMILES string of the molecule is CC1=Cc2sc3c(c2CC1)SCCC3. The molecule has 0 N–H and O–H groups in total. The molecule has 0 unspecified atom stereocenters. The second-order valence-electron chi connectivity index (χ2n) is 4.14. The average Bonchev–Trinajstić information content (AvgIpc) is 2.54. The fraction of sp³-hybridized carbons (Fsp3) is 0.500. The number of rotatable bonds is 0. The first-order valence-electron chi connectivity index (χ1n) is 5.29. The zero-order chi connectivity index (χ0) is 9.54. The lowest BCUT2D eigenvalue weighted by molar-refractivity contribution is 0.874. The highest BCUT2D eigenvalue weighted by atomic mass is 32.2. The predicted octanol–water partition coefficient (Wildman–Crippen LogP) is 4.14. The molecule has 0 radical (unpaired) electrons. The van der Waals surface area contributed by atoms with Gasteiger partial charge < -0.3 is 0 Å². The first-order chi connectivity index (χ1) is 6.84. The summed E-state index contributed by atoms with van der Waals surface area (Å²) < 4.78 is 0. The Kier molecular flexibility index (Phi) is 2.21. The Morgan fingerprint density at radius 1 is 1.21 bits per heavy atom. The Morgan fingerprint density at radius 3 is 3.07 bits per heavy atom. The van der Waals surface area contributed by atoms with Gasteiger partial charge in [0.15, 0.2) is 0 Å². The van der Waals surface area contributed by atoms with Crippen molar-refractivity contribution in [3.63, 3.8) is 0 Å². The van der Waals surface area contributed by atoms with Gasteiger partial charge in [-0.25, -0.2) is 0 Å². The largest absolute Gasteiger partial charge is 0.139 e. The lowest BCUT2D eigenvalue weighted by Crippen LogP contribution is -1.98. The molecule has 2 heterocycles. The molecule has 0 bridgehead atoms. The van der Waals surface area contributed by atoms with Crippen LogP contribution in [0, 0.1) is 0 Å². The number of thioether (sulfide) groups is 1. The number of hydrogen-bond donors (Lipinski definition) is 0. The summed E-state index contributed by atoms with van der Waals surface area (Å²) in [6.45, 7) is 2.26. The lowest BCUT2D eigenvalue weighted by Gasteiger charge is -2.14. The van der Waals surface area contributed by atoms with Gasteiger partial charge in [-0.1, -0.05) is 5.57 Å². The highest BCUT2D eigenvalue weighted by Gasteiger charge is 2.21. The number of fused-ring (bicyclic) bond motifs is 3. The monoisotopic (exact) mass is 222 g/mol. The van der Waals surface area contributed by atoms with E-state index in [1.54, 1.807) is 25.8 Å². The maximum absolute atomic E-state index is 2.41. The van der Waals surface area contributed by atoms with Crippen molar-refractivity contribution in [2.75, 3.05) is 5.75 Å². The van der Waals surface area contributed by atoms with Gasteiger partial charge in [-0.15, -0.1) is 23.1 Å². The zero-order valence-corrected chi connectivity index (χ0v) is 10.1. The second-order valence-corrected chi connectivity index (χ2v) is 6.38. The van der Waals surface area contributed by atoms with Gasteiger partial charge in [0.1, 0.15) is 0 Å². The molecule has 2 aliphatic rings. The van der Waals surface area contributed by atoms with Gasteiger partial charge in [-0.2, -0.15) is 0 Å². The molecule has 74 valence electrons. The molecule has 0 amide bonds. The van der Waals surface area contributed by atoms with Crippen LogP contribution >= 0.6 is 23.1 Å². The van der Waals surface area contributed by atoms with E-state index in [9.17, 15) is 0 Å². The van der Waals surface area contributed by atoms with Gasteiger partial charge in [0.25, 0.3) is 0 Å². The van der Waals surface area contributed by atoms with Gasteiger partial charge in [-0.3, -0.25) is 0 Å². The van der Waals surface area contributed by atoms with E-state index in [-0.39, 0.29) is 0 Å². The van der Waals surface area contributed by atoms with Crippen molar-refractivity contribution in [3.8, 4) is 0 Å². The van der Waals surface area contributed by atoms with Crippen LogP contribution in [0.5, 0.6) is 0 Å². The topological polar surface area (TPSA) is 0 Å². The van der Waals surface area contributed by atoms with Crippen LogP contribution in [0.1, 0.15) is 35.1 Å². The first kappa shape index (κ1) is 9.05. The summed E-state index contributed by atoms with van der Waals surface area (Å²) in [7, 11) is 0. The van der Waals surface area contributed by atoms with Gasteiger partial charge in [0.2, 0.25) is 0 Å². The van der Waals surface area contributed by atoms with Crippen LogP contribution in [-0.4, -0.2) is 5.75 Å².